The molecule has 2 saturated heterocycles. The molecular weight excluding hydrogens is 371 g/mol. The Morgan fingerprint density at radius 1 is 1.35 bits per heavy atom. The van der Waals surface area contributed by atoms with E-state index in [0.717, 1.165) is 32.3 Å². The number of aliphatic hydroxyl groups excluding tert-OH is 1. The summed E-state index contributed by atoms with van der Waals surface area (Å²) in [5.41, 5.74) is 0. The lowest BCUT2D eigenvalue weighted by atomic mass is 9.96. The summed E-state index contributed by atoms with van der Waals surface area (Å²) in [6, 6.07) is 0. The quantitative estimate of drug-likeness (QED) is 0.572. The van der Waals surface area contributed by atoms with Crippen molar-refractivity contribution in [1.82, 2.24) is 0 Å². The predicted molar refractivity (Wildman–Crippen MR) is 86.2 cm³/mol. The third-order valence-electron chi connectivity index (χ3n) is 4.27. The molecule has 0 aromatic carbocycles. The standard InChI is InChI=1S/C15H27IO4/c1-3-12-14(10-11(16)13(19-12)6-8-17)20-15(2)7-4-5-9-18-15/h11-14,17H,3-10H2,1-2H3/t11-,12?,13-,14?,15+/m1/s1. The molecule has 0 aliphatic carbocycles. The van der Waals surface area contributed by atoms with Crippen molar-refractivity contribution in [3.63, 3.8) is 0 Å². The van der Waals surface area contributed by atoms with Crippen LogP contribution in [0.25, 0.3) is 0 Å². The highest BCUT2D eigenvalue weighted by molar-refractivity contribution is 14.1. The van der Waals surface area contributed by atoms with Gasteiger partial charge in [0.05, 0.1) is 24.9 Å². The second-order valence-electron chi connectivity index (χ2n) is 5.98. The lowest BCUT2D eigenvalue weighted by molar-refractivity contribution is -0.290. The summed E-state index contributed by atoms with van der Waals surface area (Å²) in [5, 5.41) is 9.13. The van der Waals surface area contributed by atoms with Crippen LogP contribution in [-0.2, 0) is 14.2 Å². The molecule has 5 atom stereocenters. The highest BCUT2D eigenvalue weighted by Gasteiger charge is 2.41. The fourth-order valence-corrected chi connectivity index (χ4v) is 4.13. The van der Waals surface area contributed by atoms with E-state index in [2.05, 4.69) is 36.4 Å². The topological polar surface area (TPSA) is 47.9 Å². The molecule has 118 valence electrons. The molecule has 2 aliphatic heterocycles. The van der Waals surface area contributed by atoms with Crippen LogP contribution in [0.15, 0.2) is 0 Å². The lowest BCUT2D eigenvalue weighted by Crippen LogP contribution is -2.50. The van der Waals surface area contributed by atoms with Gasteiger partial charge in [0.2, 0.25) is 0 Å². The molecule has 2 heterocycles. The second kappa shape index (κ2) is 7.72. The number of halogens is 1. The third-order valence-corrected chi connectivity index (χ3v) is 5.59. The summed E-state index contributed by atoms with van der Waals surface area (Å²) in [6.45, 7) is 5.17. The number of aliphatic hydroxyl groups is 1. The van der Waals surface area contributed by atoms with E-state index in [1.807, 2.05) is 0 Å². The minimum absolute atomic E-state index is 0.0972. The summed E-state index contributed by atoms with van der Waals surface area (Å²) >= 11 is 2.43. The van der Waals surface area contributed by atoms with Crippen LogP contribution < -0.4 is 0 Å². The van der Waals surface area contributed by atoms with Crippen LogP contribution >= 0.6 is 22.6 Å². The van der Waals surface area contributed by atoms with Crippen LogP contribution in [0.1, 0.15) is 52.4 Å². The van der Waals surface area contributed by atoms with Gasteiger partial charge in [-0.3, -0.25) is 0 Å². The molecule has 0 radical (unpaired) electrons. The maximum Gasteiger partial charge on any atom is 0.166 e. The van der Waals surface area contributed by atoms with Crippen LogP contribution in [0.2, 0.25) is 0 Å². The first-order valence-corrected chi connectivity index (χ1v) is 9.04. The van der Waals surface area contributed by atoms with Gasteiger partial charge in [0.1, 0.15) is 0 Å². The first-order valence-electron chi connectivity index (χ1n) is 7.80. The SMILES string of the molecule is CCC1O[C@H](CCO)[C@H](I)CC1O[C@@]1(C)CCCCO1. The zero-order valence-electron chi connectivity index (χ0n) is 12.5. The molecule has 2 fully saturated rings. The largest absolute Gasteiger partial charge is 0.396 e. The first-order chi connectivity index (χ1) is 9.58. The van der Waals surface area contributed by atoms with Gasteiger partial charge in [-0.15, -0.1) is 0 Å². The molecular formula is C15H27IO4. The summed E-state index contributed by atoms with van der Waals surface area (Å²) in [6.07, 6.45) is 6.24. The van der Waals surface area contributed by atoms with Crippen LogP contribution in [0.3, 0.4) is 0 Å². The molecule has 0 spiro atoms. The molecule has 20 heavy (non-hydrogen) atoms. The normalized spacial score (nSPS) is 42.6. The Balaban J connectivity index is 1.96. The monoisotopic (exact) mass is 398 g/mol. The molecule has 0 bridgehead atoms. The average molecular weight is 398 g/mol. The predicted octanol–water partition coefficient (Wildman–Crippen LogP) is 3.04. The van der Waals surface area contributed by atoms with E-state index < -0.39 is 5.79 Å². The fourth-order valence-electron chi connectivity index (χ4n) is 3.10. The fraction of sp³-hybridized carbons (Fsp3) is 1.00. The van der Waals surface area contributed by atoms with Gasteiger partial charge in [-0.2, -0.15) is 0 Å². The maximum atomic E-state index is 9.13. The van der Waals surface area contributed by atoms with Gasteiger partial charge in [0.15, 0.2) is 5.79 Å². The molecule has 5 heteroatoms. The van der Waals surface area contributed by atoms with E-state index in [4.69, 9.17) is 19.3 Å². The van der Waals surface area contributed by atoms with E-state index in [0.29, 0.717) is 10.3 Å². The molecule has 0 aromatic heterocycles. The number of alkyl halides is 1. The van der Waals surface area contributed by atoms with Crippen molar-refractivity contribution in [2.75, 3.05) is 13.2 Å². The van der Waals surface area contributed by atoms with Crippen molar-refractivity contribution in [2.45, 2.75) is 80.4 Å². The first kappa shape index (κ1) is 16.9. The molecule has 0 aromatic rings. The number of hydrogen-bond acceptors (Lipinski definition) is 4. The molecule has 2 rings (SSSR count). The van der Waals surface area contributed by atoms with Crippen LogP contribution in [0.5, 0.6) is 0 Å². The summed E-state index contributed by atoms with van der Waals surface area (Å²) in [7, 11) is 0. The summed E-state index contributed by atoms with van der Waals surface area (Å²) in [5.74, 6) is -0.445. The van der Waals surface area contributed by atoms with Crippen molar-refractivity contribution in [1.29, 1.82) is 0 Å². The molecule has 4 nitrogen and oxygen atoms in total. The van der Waals surface area contributed by atoms with Crippen molar-refractivity contribution in [3.05, 3.63) is 0 Å². The summed E-state index contributed by atoms with van der Waals surface area (Å²) in [4.78, 5) is 0. The molecule has 1 N–H and O–H groups in total. The molecule has 0 saturated carbocycles. The Kier molecular flexibility index (Phi) is 6.53. The van der Waals surface area contributed by atoms with E-state index in [1.165, 1.54) is 6.42 Å². The van der Waals surface area contributed by atoms with Gasteiger partial charge >= 0.3 is 0 Å². The zero-order chi connectivity index (χ0) is 14.6. The van der Waals surface area contributed by atoms with E-state index in [9.17, 15) is 0 Å². The van der Waals surface area contributed by atoms with Crippen molar-refractivity contribution >= 4 is 22.6 Å². The van der Waals surface area contributed by atoms with Crippen LogP contribution in [0.4, 0.5) is 0 Å². The molecule has 0 amide bonds. The zero-order valence-corrected chi connectivity index (χ0v) is 14.7. The smallest absolute Gasteiger partial charge is 0.166 e. The summed E-state index contributed by atoms with van der Waals surface area (Å²) < 4.78 is 18.7. The van der Waals surface area contributed by atoms with Crippen molar-refractivity contribution in [2.24, 2.45) is 0 Å². The van der Waals surface area contributed by atoms with E-state index in [-0.39, 0.29) is 24.9 Å². The highest BCUT2D eigenvalue weighted by atomic mass is 127. The van der Waals surface area contributed by atoms with Gasteiger partial charge in [0, 0.05) is 17.0 Å². The van der Waals surface area contributed by atoms with Crippen molar-refractivity contribution in [3.8, 4) is 0 Å². The van der Waals surface area contributed by atoms with E-state index >= 15 is 0 Å². The molecule has 2 aliphatic rings. The minimum atomic E-state index is -0.445. The number of ether oxygens (including phenoxy) is 3. The number of rotatable bonds is 5. The Morgan fingerprint density at radius 2 is 2.15 bits per heavy atom. The Labute approximate surface area is 135 Å². The second-order valence-corrected chi connectivity index (χ2v) is 7.58. The van der Waals surface area contributed by atoms with Crippen LogP contribution in [-0.4, -0.2) is 46.3 Å². The molecule has 2 unspecified atom stereocenters. The van der Waals surface area contributed by atoms with Gasteiger partial charge in [0.25, 0.3) is 0 Å². The van der Waals surface area contributed by atoms with Gasteiger partial charge in [-0.25, -0.2) is 0 Å². The minimum Gasteiger partial charge on any atom is -0.396 e. The van der Waals surface area contributed by atoms with Gasteiger partial charge < -0.3 is 19.3 Å². The Morgan fingerprint density at radius 3 is 2.75 bits per heavy atom. The third kappa shape index (κ3) is 4.29. The van der Waals surface area contributed by atoms with Gasteiger partial charge in [-0.05, 0) is 39.0 Å². The van der Waals surface area contributed by atoms with E-state index in [1.54, 1.807) is 0 Å². The Bertz CT molecular complexity index is 294. The van der Waals surface area contributed by atoms with Crippen LogP contribution in [0, 0.1) is 0 Å². The van der Waals surface area contributed by atoms with Gasteiger partial charge in [-0.1, -0.05) is 29.5 Å². The number of hydrogen-bond donors (Lipinski definition) is 1. The average Bonchev–Trinajstić information content (AvgIpc) is 2.42. The lowest BCUT2D eigenvalue weighted by Gasteiger charge is -2.44. The Hall–Kier alpha value is 0.570. The maximum absolute atomic E-state index is 9.13. The highest BCUT2D eigenvalue weighted by Crippen LogP contribution is 2.35. The van der Waals surface area contributed by atoms with Crippen molar-refractivity contribution < 1.29 is 19.3 Å².